The molecule has 0 saturated carbocycles. The SMILES string of the molecule is CC(C)c1cc(F)cc(-c2ccnc(C#N)c2)c1NC(=O)NSc1ccn(C(C)C)n1. The van der Waals surface area contributed by atoms with Crippen LogP contribution in [0.1, 0.15) is 50.9 Å². The van der Waals surface area contributed by atoms with Crippen LogP contribution in [-0.2, 0) is 0 Å². The molecular formula is C22H23FN6OS. The first-order chi connectivity index (χ1) is 14.8. The van der Waals surface area contributed by atoms with Gasteiger partial charge in [0.15, 0.2) is 0 Å². The Labute approximate surface area is 184 Å². The van der Waals surface area contributed by atoms with E-state index in [2.05, 4.69) is 20.1 Å². The molecule has 0 fully saturated rings. The van der Waals surface area contributed by atoms with Crippen molar-refractivity contribution in [1.82, 2.24) is 19.5 Å². The molecule has 3 aromatic rings. The fourth-order valence-corrected chi connectivity index (χ4v) is 3.52. The number of nitrogens with one attached hydrogen (secondary N) is 2. The number of hydrogen-bond donors (Lipinski definition) is 2. The molecule has 0 atom stereocenters. The van der Waals surface area contributed by atoms with E-state index in [0.717, 1.165) is 11.9 Å². The van der Waals surface area contributed by atoms with Gasteiger partial charge >= 0.3 is 6.03 Å². The Kier molecular flexibility index (Phi) is 6.92. The Hall–Kier alpha value is -3.38. The number of amides is 2. The molecule has 0 radical (unpaired) electrons. The van der Waals surface area contributed by atoms with Crippen molar-refractivity contribution in [3.63, 3.8) is 0 Å². The molecule has 0 bridgehead atoms. The van der Waals surface area contributed by atoms with Gasteiger partial charge in [0.25, 0.3) is 0 Å². The third-order valence-electron chi connectivity index (χ3n) is 4.54. The number of aromatic nitrogens is 3. The average molecular weight is 439 g/mol. The summed E-state index contributed by atoms with van der Waals surface area (Å²) in [6.45, 7) is 7.87. The number of hydrogen-bond acceptors (Lipinski definition) is 5. The van der Waals surface area contributed by atoms with E-state index in [9.17, 15) is 9.18 Å². The van der Waals surface area contributed by atoms with Gasteiger partial charge in [-0.3, -0.25) is 9.40 Å². The highest BCUT2D eigenvalue weighted by Gasteiger charge is 2.18. The van der Waals surface area contributed by atoms with Gasteiger partial charge in [-0.2, -0.15) is 10.4 Å². The highest BCUT2D eigenvalue weighted by molar-refractivity contribution is 7.97. The van der Waals surface area contributed by atoms with Gasteiger partial charge in [0.2, 0.25) is 0 Å². The summed E-state index contributed by atoms with van der Waals surface area (Å²) in [6, 6.07) is 9.54. The van der Waals surface area contributed by atoms with Crippen LogP contribution in [0.3, 0.4) is 0 Å². The summed E-state index contributed by atoms with van der Waals surface area (Å²) in [5, 5.41) is 17.0. The van der Waals surface area contributed by atoms with Crippen molar-refractivity contribution in [2.24, 2.45) is 0 Å². The summed E-state index contributed by atoms with van der Waals surface area (Å²) in [5.41, 5.74) is 2.41. The molecule has 31 heavy (non-hydrogen) atoms. The van der Waals surface area contributed by atoms with E-state index in [-0.39, 0.29) is 17.7 Å². The van der Waals surface area contributed by atoms with Crippen LogP contribution in [-0.4, -0.2) is 20.8 Å². The number of carbonyl (C=O) groups excluding carboxylic acids is 1. The standard InChI is InChI=1S/C22H23FN6OS/c1-13(2)18-10-16(23)11-19(15-5-7-25-17(9-15)12-24)21(18)26-22(30)28-31-20-6-8-29(27-20)14(3)4/h5-11,13-14H,1-4H3,(H2,26,28,30). The van der Waals surface area contributed by atoms with E-state index in [1.165, 1.54) is 18.3 Å². The minimum absolute atomic E-state index is 0.0450. The van der Waals surface area contributed by atoms with Gasteiger partial charge < -0.3 is 5.32 Å². The number of rotatable bonds is 6. The lowest BCUT2D eigenvalue weighted by Crippen LogP contribution is -2.24. The number of pyridine rings is 1. The van der Waals surface area contributed by atoms with Gasteiger partial charge in [0.1, 0.15) is 22.6 Å². The molecule has 0 aliphatic rings. The van der Waals surface area contributed by atoms with Gasteiger partial charge in [0.05, 0.1) is 5.69 Å². The second-order valence-electron chi connectivity index (χ2n) is 7.50. The molecule has 0 aliphatic carbocycles. The highest BCUT2D eigenvalue weighted by Crippen LogP contribution is 2.36. The van der Waals surface area contributed by atoms with Gasteiger partial charge in [-0.25, -0.2) is 14.2 Å². The molecule has 1 aromatic carbocycles. The van der Waals surface area contributed by atoms with Gasteiger partial charge in [-0.15, -0.1) is 0 Å². The summed E-state index contributed by atoms with van der Waals surface area (Å²) in [6.07, 6.45) is 3.33. The van der Waals surface area contributed by atoms with E-state index in [4.69, 9.17) is 5.26 Å². The molecule has 160 valence electrons. The van der Waals surface area contributed by atoms with E-state index in [1.54, 1.807) is 16.8 Å². The second kappa shape index (κ2) is 9.62. The molecule has 2 N–H and O–H groups in total. The van der Waals surface area contributed by atoms with Crippen molar-refractivity contribution in [2.45, 2.75) is 44.7 Å². The fourth-order valence-electron chi connectivity index (χ4n) is 3.01. The first-order valence-electron chi connectivity index (χ1n) is 9.77. The normalized spacial score (nSPS) is 10.9. The van der Waals surface area contributed by atoms with Crippen LogP contribution in [0.25, 0.3) is 11.1 Å². The molecule has 2 amide bonds. The van der Waals surface area contributed by atoms with E-state index in [0.29, 0.717) is 27.4 Å². The molecule has 2 heterocycles. The van der Waals surface area contributed by atoms with E-state index >= 15 is 0 Å². The number of urea groups is 1. The zero-order valence-corrected chi connectivity index (χ0v) is 18.5. The summed E-state index contributed by atoms with van der Waals surface area (Å²) in [4.78, 5) is 16.6. The Morgan fingerprint density at radius 1 is 1.23 bits per heavy atom. The largest absolute Gasteiger partial charge is 0.329 e. The zero-order chi connectivity index (χ0) is 22.5. The molecule has 0 unspecified atom stereocenters. The quantitative estimate of drug-likeness (QED) is 0.496. The van der Waals surface area contributed by atoms with E-state index < -0.39 is 11.8 Å². The predicted molar refractivity (Wildman–Crippen MR) is 119 cm³/mol. The number of anilines is 1. The summed E-state index contributed by atoms with van der Waals surface area (Å²) >= 11 is 1.09. The Morgan fingerprint density at radius 3 is 2.65 bits per heavy atom. The highest BCUT2D eigenvalue weighted by atomic mass is 32.2. The Morgan fingerprint density at radius 2 is 2.00 bits per heavy atom. The molecule has 0 aliphatic heterocycles. The van der Waals surface area contributed by atoms with Crippen molar-refractivity contribution in [2.75, 3.05) is 5.32 Å². The summed E-state index contributed by atoms with van der Waals surface area (Å²) in [5.74, 6) is -0.468. The third kappa shape index (κ3) is 5.41. The molecular weight excluding hydrogens is 415 g/mol. The lowest BCUT2D eigenvalue weighted by molar-refractivity contribution is 0.257. The van der Waals surface area contributed by atoms with Crippen molar-refractivity contribution in [1.29, 1.82) is 5.26 Å². The predicted octanol–water partition coefficient (Wildman–Crippen LogP) is 5.49. The third-order valence-corrected chi connectivity index (χ3v) is 5.26. The molecule has 0 saturated heterocycles. The van der Waals surface area contributed by atoms with Crippen LogP contribution in [0.5, 0.6) is 0 Å². The number of nitrogens with zero attached hydrogens (tertiary/aromatic N) is 4. The van der Waals surface area contributed by atoms with Crippen LogP contribution in [0, 0.1) is 17.1 Å². The molecule has 2 aromatic heterocycles. The maximum absolute atomic E-state index is 14.4. The first kappa shape index (κ1) is 22.3. The maximum Gasteiger partial charge on any atom is 0.329 e. The minimum Gasteiger partial charge on any atom is -0.306 e. The Bertz CT molecular complexity index is 1140. The second-order valence-corrected chi connectivity index (χ2v) is 8.33. The van der Waals surface area contributed by atoms with Crippen LogP contribution >= 0.6 is 11.9 Å². The smallest absolute Gasteiger partial charge is 0.306 e. The molecule has 7 nitrogen and oxygen atoms in total. The van der Waals surface area contributed by atoms with Gasteiger partial charge in [-0.1, -0.05) is 13.8 Å². The molecule has 0 spiro atoms. The van der Waals surface area contributed by atoms with Crippen LogP contribution in [0.15, 0.2) is 47.8 Å². The number of carbonyl (C=O) groups is 1. The van der Waals surface area contributed by atoms with Crippen molar-refractivity contribution >= 4 is 23.7 Å². The summed E-state index contributed by atoms with van der Waals surface area (Å²) in [7, 11) is 0. The summed E-state index contributed by atoms with van der Waals surface area (Å²) < 4.78 is 18.9. The van der Waals surface area contributed by atoms with Crippen LogP contribution in [0.4, 0.5) is 14.9 Å². The van der Waals surface area contributed by atoms with Gasteiger partial charge in [0, 0.05) is 35.9 Å². The van der Waals surface area contributed by atoms with Crippen molar-refractivity contribution in [3.8, 4) is 17.2 Å². The average Bonchev–Trinajstić information content (AvgIpc) is 3.22. The molecule has 3 rings (SSSR count). The van der Waals surface area contributed by atoms with Gasteiger partial charge in [-0.05, 0) is 61.2 Å². The minimum atomic E-state index is -0.464. The Balaban J connectivity index is 1.89. The van der Waals surface area contributed by atoms with Crippen molar-refractivity contribution < 1.29 is 9.18 Å². The first-order valence-corrected chi connectivity index (χ1v) is 10.6. The molecule has 9 heteroatoms. The number of nitriles is 1. The lowest BCUT2D eigenvalue weighted by Gasteiger charge is -2.19. The maximum atomic E-state index is 14.4. The van der Waals surface area contributed by atoms with E-state index in [1.807, 2.05) is 46.0 Å². The van der Waals surface area contributed by atoms with Crippen molar-refractivity contribution in [3.05, 3.63) is 59.8 Å². The topological polar surface area (TPSA) is 95.6 Å². The number of halogens is 1. The fraction of sp³-hybridized carbons (Fsp3) is 0.273. The van der Waals surface area contributed by atoms with Crippen LogP contribution < -0.4 is 10.0 Å². The van der Waals surface area contributed by atoms with Crippen LogP contribution in [0.2, 0.25) is 0 Å². The monoisotopic (exact) mass is 438 g/mol. The lowest BCUT2D eigenvalue weighted by atomic mass is 9.94. The number of benzene rings is 1. The zero-order valence-electron chi connectivity index (χ0n) is 17.7.